The van der Waals surface area contributed by atoms with E-state index in [9.17, 15) is 18.0 Å². The van der Waals surface area contributed by atoms with E-state index in [0.29, 0.717) is 30.0 Å². The maximum atomic E-state index is 12.9. The van der Waals surface area contributed by atoms with Crippen LogP contribution in [0.4, 0.5) is 5.69 Å². The van der Waals surface area contributed by atoms with E-state index in [0.717, 1.165) is 5.56 Å². The van der Waals surface area contributed by atoms with E-state index in [1.165, 1.54) is 4.90 Å². The number of anilines is 1. The van der Waals surface area contributed by atoms with Crippen molar-refractivity contribution in [3.63, 3.8) is 0 Å². The second kappa shape index (κ2) is 6.29. The van der Waals surface area contributed by atoms with Crippen molar-refractivity contribution in [2.45, 2.75) is 32.2 Å². The number of nitrogens with zero attached hydrogens (tertiary/aromatic N) is 1. The van der Waals surface area contributed by atoms with Gasteiger partial charge in [-0.1, -0.05) is 17.7 Å². The van der Waals surface area contributed by atoms with Crippen LogP contribution >= 0.6 is 11.6 Å². The van der Waals surface area contributed by atoms with Gasteiger partial charge >= 0.3 is 0 Å². The third-order valence-corrected chi connectivity index (χ3v) is 7.35. The quantitative estimate of drug-likeness (QED) is 0.805. The minimum absolute atomic E-state index is 0.0274. The molecule has 1 atom stereocenters. The molecule has 1 saturated heterocycles. The van der Waals surface area contributed by atoms with Crippen molar-refractivity contribution in [3.8, 4) is 0 Å². The molecule has 0 aromatic heterocycles. The van der Waals surface area contributed by atoms with E-state index < -0.39 is 15.3 Å². The number of carbonyl (C=O) groups is 2. The van der Waals surface area contributed by atoms with Gasteiger partial charge in [0, 0.05) is 23.8 Å². The second-order valence-corrected chi connectivity index (χ2v) is 9.56. The van der Waals surface area contributed by atoms with Gasteiger partial charge in [-0.2, -0.15) is 0 Å². The summed E-state index contributed by atoms with van der Waals surface area (Å²) in [6.07, 6.45) is 1.37. The fourth-order valence-corrected chi connectivity index (χ4v) is 5.18. The first-order valence-electron chi connectivity index (χ1n) is 8.20. The molecular formula is C17H21ClN2O4S. The Morgan fingerprint density at radius 3 is 2.56 bits per heavy atom. The highest BCUT2D eigenvalue weighted by molar-refractivity contribution is 7.91. The topological polar surface area (TPSA) is 83.6 Å². The summed E-state index contributed by atoms with van der Waals surface area (Å²) >= 11 is 6.07. The summed E-state index contributed by atoms with van der Waals surface area (Å²) in [6, 6.07) is 4.86. The number of carbonyl (C=O) groups excluding carboxylic acids is 2. The molecule has 1 aromatic rings. The maximum absolute atomic E-state index is 12.9. The number of sulfone groups is 1. The Balaban J connectivity index is 1.74. The molecule has 3 rings (SSSR count). The fourth-order valence-electron chi connectivity index (χ4n) is 3.23. The molecule has 1 aliphatic heterocycles. The average molecular weight is 385 g/mol. The SMILES string of the molecule is Cc1c(Cl)cccc1NC(=O)C1(C(=O)N(C)C2CCS(=O)(=O)C2)CC1. The molecule has 0 spiro atoms. The predicted octanol–water partition coefficient (Wildman–Crippen LogP) is 2.01. The van der Waals surface area contributed by atoms with Gasteiger partial charge in [0.15, 0.2) is 9.84 Å². The molecule has 8 heteroatoms. The largest absolute Gasteiger partial charge is 0.341 e. The van der Waals surface area contributed by atoms with Crippen LogP contribution in [0.15, 0.2) is 18.2 Å². The summed E-state index contributed by atoms with van der Waals surface area (Å²) in [5.74, 6) is -0.585. The fraction of sp³-hybridized carbons (Fsp3) is 0.529. The highest BCUT2D eigenvalue weighted by Crippen LogP contribution is 2.48. The molecule has 2 aliphatic rings. The molecule has 1 N–H and O–H groups in total. The molecule has 2 fully saturated rings. The summed E-state index contributed by atoms with van der Waals surface area (Å²) < 4.78 is 23.3. The number of halogens is 1. The second-order valence-electron chi connectivity index (χ2n) is 6.92. The Bertz CT molecular complexity index is 833. The lowest BCUT2D eigenvalue weighted by Gasteiger charge is -2.27. The maximum Gasteiger partial charge on any atom is 0.240 e. The standard InChI is InChI=1S/C17H21ClN2O4S/c1-11-13(18)4-3-5-14(11)19-15(21)17(7-8-17)16(22)20(2)12-6-9-25(23,24)10-12/h3-5,12H,6-10H2,1-2H3,(H,19,21). The number of hydrogen-bond donors (Lipinski definition) is 1. The number of rotatable bonds is 4. The number of benzene rings is 1. The van der Waals surface area contributed by atoms with Gasteiger partial charge in [-0.15, -0.1) is 0 Å². The Morgan fingerprint density at radius 1 is 1.32 bits per heavy atom. The zero-order valence-corrected chi connectivity index (χ0v) is 15.8. The molecule has 1 unspecified atom stereocenters. The molecule has 6 nitrogen and oxygen atoms in total. The minimum atomic E-state index is -3.09. The van der Waals surface area contributed by atoms with E-state index >= 15 is 0 Å². The molecule has 1 saturated carbocycles. The zero-order chi connectivity index (χ0) is 18.4. The molecule has 25 heavy (non-hydrogen) atoms. The van der Waals surface area contributed by atoms with E-state index in [-0.39, 0.29) is 29.4 Å². The van der Waals surface area contributed by atoms with Crippen molar-refractivity contribution in [1.29, 1.82) is 0 Å². The van der Waals surface area contributed by atoms with Crippen LogP contribution in [0.3, 0.4) is 0 Å². The van der Waals surface area contributed by atoms with Gasteiger partial charge in [0.2, 0.25) is 11.8 Å². The van der Waals surface area contributed by atoms with E-state index in [1.807, 2.05) is 0 Å². The normalized spacial score (nSPS) is 23.1. The third kappa shape index (κ3) is 3.40. The lowest BCUT2D eigenvalue weighted by atomic mass is 10.0. The average Bonchev–Trinajstić information content (AvgIpc) is 3.29. The molecule has 0 radical (unpaired) electrons. The highest BCUT2D eigenvalue weighted by Gasteiger charge is 2.58. The number of nitrogens with one attached hydrogen (secondary N) is 1. The van der Waals surface area contributed by atoms with Crippen LogP contribution in [0.1, 0.15) is 24.8 Å². The summed E-state index contributed by atoms with van der Waals surface area (Å²) in [7, 11) is -1.50. The number of amides is 2. The number of hydrogen-bond acceptors (Lipinski definition) is 4. The molecule has 0 bridgehead atoms. The van der Waals surface area contributed by atoms with Gasteiger partial charge in [0.05, 0.1) is 11.5 Å². The Labute approximate surface area is 152 Å². The van der Waals surface area contributed by atoms with Crippen LogP contribution < -0.4 is 5.32 Å². The van der Waals surface area contributed by atoms with Crippen molar-refractivity contribution in [3.05, 3.63) is 28.8 Å². The van der Waals surface area contributed by atoms with Gasteiger partial charge in [-0.05, 0) is 43.9 Å². The summed E-state index contributed by atoms with van der Waals surface area (Å²) in [4.78, 5) is 27.0. The summed E-state index contributed by atoms with van der Waals surface area (Å²) in [5.41, 5.74) is 0.245. The Kier molecular flexibility index (Phi) is 4.58. The van der Waals surface area contributed by atoms with Crippen LogP contribution in [-0.2, 0) is 19.4 Å². The Morgan fingerprint density at radius 2 is 2.00 bits per heavy atom. The van der Waals surface area contributed by atoms with E-state index in [2.05, 4.69) is 5.32 Å². The van der Waals surface area contributed by atoms with Crippen molar-refractivity contribution in [2.75, 3.05) is 23.9 Å². The lowest BCUT2D eigenvalue weighted by Crippen LogP contribution is -2.46. The first-order valence-corrected chi connectivity index (χ1v) is 10.4. The first kappa shape index (κ1) is 18.2. The van der Waals surface area contributed by atoms with Gasteiger partial charge in [-0.3, -0.25) is 9.59 Å². The van der Waals surface area contributed by atoms with Crippen molar-refractivity contribution < 1.29 is 18.0 Å². The summed E-state index contributed by atoms with van der Waals surface area (Å²) in [5, 5.41) is 3.35. The van der Waals surface area contributed by atoms with Crippen LogP contribution in [0.2, 0.25) is 5.02 Å². The molecule has 136 valence electrons. The van der Waals surface area contributed by atoms with Gasteiger partial charge < -0.3 is 10.2 Å². The van der Waals surface area contributed by atoms with Gasteiger partial charge in [-0.25, -0.2) is 8.42 Å². The molecular weight excluding hydrogens is 364 g/mol. The third-order valence-electron chi connectivity index (χ3n) is 5.19. The van der Waals surface area contributed by atoms with Crippen LogP contribution in [0, 0.1) is 12.3 Å². The van der Waals surface area contributed by atoms with Crippen LogP contribution in [0.25, 0.3) is 0 Å². The smallest absolute Gasteiger partial charge is 0.240 e. The zero-order valence-electron chi connectivity index (χ0n) is 14.2. The van der Waals surface area contributed by atoms with E-state index in [4.69, 9.17) is 11.6 Å². The predicted molar refractivity (Wildman–Crippen MR) is 96.3 cm³/mol. The molecule has 1 aromatic carbocycles. The van der Waals surface area contributed by atoms with Crippen molar-refractivity contribution >= 4 is 38.9 Å². The van der Waals surface area contributed by atoms with Crippen LogP contribution in [0.5, 0.6) is 0 Å². The van der Waals surface area contributed by atoms with E-state index in [1.54, 1.807) is 32.2 Å². The van der Waals surface area contributed by atoms with Crippen molar-refractivity contribution in [1.82, 2.24) is 4.90 Å². The first-order chi connectivity index (χ1) is 11.7. The highest BCUT2D eigenvalue weighted by atomic mass is 35.5. The monoisotopic (exact) mass is 384 g/mol. The van der Waals surface area contributed by atoms with Gasteiger partial charge in [0.1, 0.15) is 5.41 Å². The molecule has 1 aliphatic carbocycles. The van der Waals surface area contributed by atoms with Crippen molar-refractivity contribution in [2.24, 2.45) is 5.41 Å². The minimum Gasteiger partial charge on any atom is -0.341 e. The molecule has 1 heterocycles. The molecule has 2 amide bonds. The van der Waals surface area contributed by atoms with Crippen LogP contribution in [-0.4, -0.2) is 49.7 Å². The lowest BCUT2D eigenvalue weighted by molar-refractivity contribution is -0.142. The Hall–Kier alpha value is -1.60. The summed E-state index contributed by atoms with van der Waals surface area (Å²) in [6.45, 7) is 1.80. The van der Waals surface area contributed by atoms with Gasteiger partial charge in [0.25, 0.3) is 0 Å².